The zero-order valence-electron chi connectivity index (χ0n) is 23.6. The number of hydrogen-bond donors (Lipinski definition) is 3. The monoisotopic (exact) mass is 616 g/mol. The number of sulfonamides is 1. The second-order valence-electron chi connectivity index (χ2n) is 11.1. The number of carboxylic acids is 1. The summed E-state index contributed by atoms with van der Waals surface area (Å²) in [6.07, 6.45) is 2.63. The third kappa shape index (κ3) is 5.88. The molecule has 0 radical (unpaired) electrons. The van der Waals surface area contributed by atoms with Crippen LogP contribution in [-0.2, 0) is 19.6 Å². The Morgan fingerprint density at radius 2 is 1.73 bits per heavy atom. The number of nitrogens with one attached hydrogen (secondary N) is 2. The summed E-state index contributed by atoms with van der Waals surface area (Å²) < 4.78 is 34.0. The highest BCUT2D eigenvalue weighted by Crippen LogP contribution is 2.45. The number of carboxylic acid groups (broad SMARTS) is 1. The number of hydrogen-bond acceptors (Lipinski definition) is 9. The summed E-state index contributed by atoms with van der Waals surface area (Å²) >= 11 is 0. The van der Waals surface area contributed by atoms with E-state index in [0.717, 1.165) is 12.8 Å². The van der Waals surface area contributed by atoms with Crippen LogP contribution in [0.1, 0.15) is 43.1 Å². The van der Waals surface area contributed by atoms with Gasteiger partial charge in [0.05, 0.1) is 10.6 Å². The van der Waals surface area contributed by atoms with Crippen molar-refractivity contribution < 1.29 is 32.4 Å². The summed E-state index contributed by atoms with van der Waals surface area (Å²) in [6.45, 7) is 2.22. The summed E-state index contributed by atoms with van der Waals surface area (Å²) in [5.74, 6) is -1.43. The number of aromatic nitrogens is 3. The molecule has 0 bridgehead atoms. The largest absolute Gasteiger partial charge is 0.480 e. The van der Waals surface area contributed by atoms with Crippen LogP contribution in [0.5, 0.6) is 0 Å². The molecule has 4 aromatic rings. The molecule has 2 fully saturated rings. The Bertz CT molecular complexity index is 1870. The lowest BCUT2D eigenvalue weighted by molar-refractivity contribution is -0.141. The highest BCUT2D eigenvalue weighted by atomic mass is 32.2. The molecule has 226 valence electrons. The average Bonchev–Trinajstić information content (AvgIpc) is 3.38. The van der Waals surface area contributed by atoms with Gasteiger partial charge in [-0.2, -0.15) is 4.98 Å². The lowest BCUT2D eigenvalue weighted by Crippen LogP contribution is -2.40. The molecule has 1 aliphatic carbocycles. The molecular weight excluding hydrogens is 588 g/mol. The number of aliphatic carboxylic acids is 1. The first-order chi connectivity index (χ1) is 21.0. The lowest BCUT2D eigenvalue weighted by atomic mass is 10.1. The van der Waals surface area contributed by atoms with Gasteiger partial charge in [-0.3, -0.25) is 14.3 Å². The Morgan fingerprint density at radius 3 is 2.45 bits per heavy atom. The van der Waals surface area contributed by atoms with Crippen molar-refractivity contribution in [3.05, 3.63) is 72.4 Å². The molecule has 2 aliphatic rings. The van der Waals surface area contributed by atoms with E-state index < -0.39 is 27.9 Å². The lowest BCUT2D eigenvalue weighted by Gasteiger charge is -2.20. The van der Waals surface area contributed by atoms with Crippen molar-refractivity contribution in [1.29, 1.82) is 0 Å². The van der Waals surface area contributed by atoms with Crippen LogP contribution in [0, 0.1) is 5.41 Å². The topological polar surface area (TPSA) is 185 Å². The molecule has 3 N–H and O–H groups in total. The fourth-order valence-corrected chi connectivity index (χ4v) is 5.94. The van der Waals surface area contributed by atoms with Gasteiger partial charge in [0.2, 0.25) is 11.7 Å². The number of anilines is 2. The minimum absolute atomic E-state index is 0.000596. The van der Waals surface area contributed by atoms with Gasteiger partial charge in [0.25, 0.3) is 21.8 Å². The third-order valence-corrected chi connectivity index (χ3v) is 9.15. The molecule has 13 nitrogen and oxygen atoms in total. The Hall–Kier alpha value is -5.11. The molecule has 1 aliphatic heterocycles. The Balaban J connectivity index is 1.14. The van der Waals surface area contributed by atoms with Gasteiger partial charge < -0.3 is 19.8 Å². The maximum absolute atomic E-state index is 13.1. The van der Waals surface area contributed by atoms with Crippen LogP contribution in [0.25, 0.3) is 23.0 Å². The van der Waals surface area contributed by atoms with Crippen molar-refractivity contribution in [3.8, 4) is 23.0 Å². The van der Waals surface area contributed by atoms with Crippen LogP contribution in [0.3, 0.4) is 0 Å². The molecule has 44 heavy (non-hydrogen) atoms. The Labute approximate surface area is 252 Å². The third-order valence-electron chi connectivity index (χ3n) is 7.76. The first kappa shape index (κ1) is 29.0. The summed E-state index contributed by atoms with van der Waals surface area (Å²) in [6, 6.07) is 16.1. The van der Waals surface area contributed by atoms with Crippen LogP contribution in [0.4, 0.5) is 11.4 Å². The molecule has 0 spiro atoms. The number of nitrogens with zero attached hydrogens (tertiary/aromatic N) is 4. The van der Waals surface area contributed by atoms with Crippen molar-refractivity contribution >= 4 is 39.2 Å². The second kappa shape index (κ2) is 11.2. The fourth-order valence-electron chi connectivity index (χ4n) is 4.89. The van der Waals surface area contributed by atoms with E-state index in [1.165, 1.54) is 35.2 Å². The minimum atomic E-state index is -3.95. The zero-order valence-corrected chi connectivity index (χ0v) is 24.4. The van der Waals surface area contributed by atoms with E-state index in [-0.39, 0.29) is 39.3 Å². The number of pyridine rings is 1. The van der Waals surface area contributed by atoms with E-state index in [1.807, 2.05) is 6.92 Å². The fraction of sp³-hybridized carbons (Fsp3) is 0.267. The predicted octanol–water partition coefficient (Wildman–Crippen LogP) is 4.03. The molecule has 1 atom stereocenters. The predicted molar refractivity (Wildman–Crippen MR) is 158 cm³/mol. The quantitative estimate of drug-likeness (QED) is 0.248. The second-order valence-corrected chi connectivity index (χ2v) is 12.7. The molecule has 6 rings (SSSR count). The van der Waals surface area contributed by atoms with E-state index in [1.54, 1.807) is 36.4 Å². The van der Waals surface area contributed by atoms with Gasteiger partial charge >= 0.3 is 5.97 Å². The maximum atomic E-state index is 13.1. The maximum Gasteiger partial charge on any atom is 0.326 e. The molecule has 1 saturated heterocycles. The number of likely N-dealkylation sites (tertiary alicyclic amines) is 1. The standard InChI is InChI=1S/C30H28N6O7S/c1-30(14-15-30)29(40)31-19-5-2-6-20(17-19)35-44(41,42)21-12-10-18(11-13-21)25-33-26(43-34-25)22-7-3-8-23(32-22)27(37)36-16-4-9-24(36)28(38)39/h2-3,5-8,10-13,17,24,35H,4,9,14-16H2,1H3,(H,31,40)(H,38,39). The van der Waals surface area contributed by atoms with E-state index in [9.17, 15) is 27.9 Å². The van der Waals surface area contributed by atoms with Gasteiger partial charge in [0.15, 0.2) is 0 Å². The van der Waals surface area contributed by atoms with Crippen molar-refractivity contribution in [1.82, 2.24) is 20.0 Å². The van der Waals surface area contributed by atoms with E-state index in [4.69, 9.17) is 4.52 Å². The van der Waals surface area contributed by atoms with E-state index >= 15 is 0 Å². The number of carbonyl (C=O) groups excluding carboxylic acids is 2. The van der Waals surface area contributed by atoms with Crippen molar-refractivity contribution in [2.45, 2.75) is 43.5 Å². The summed E-state index contributed by atoms with van der Waals surface area (Å²) in [5.41, 5.74) is 1.20. The highest BCUT2D eigenvalue weighted by molar-refractivity contribution is 7.92. The number of carbonyl (C=O) groups is 3. The number of amides is 2. The summed E-state index contributed by atoms with van der Waals surface area (Å²) in [4.78, 5) is 46.8. The first-order valence-corrected chi connectivity index (χ1v) is 15.4. The molecule has 1 saturated carbocycles. The number of rotatable bonds is 9. The smallest absolute Gasteiger partial charge is 0.326 e. The number of benzene rings is 2. The van der Waals surface area contributed by atoms with Gasteiger partial charge in [-0.25, -0.2) is 18.2 Å². The van der Waals surface area contributed by atoms with Gasteiger partial charge in [0, 0.05) is 23.2 Å². The van der Waals surface area contributed by atoms with Crippen molar-refractivity contribution in [3.63, 3.8) is 0 Å². The zero-order chi connectivity index (χ0) is 31.1. The molecule has 1 unspecified atom stereocenters. The Kier molecular flexibility index (Phi) is 7.37. The summed E-state index contributed by atoms with van der Waals surface area (Å²) in [7, 11) is -3.95. The van der Waals surface area contributed by atoms with E-state index in [0.29, 0.717) is 36.3 Å². The molecule has 3 heterocycles. The van der Waals surface area contributed by atoms with Crippen molar-refractivity contribution in [2.75, 3.05) is 16.6 Å². The first-order valence-electron chi connectivity index (χ1n) is 13.9. The molecule has 2 amide bonds. The molecule has 14 heteroatoms. The van der Waals surface area contributed by atoms with Crippen LogP contribution in [0.15, 0.2) is 76.1 Å². The van der Waals surface area contributed by atoms with Crippen LogP contribution in [0.2, 0.25) is 0 Å². The minimum Gasteiger partial charge on any atom is -0.480 e. The normalized spacial score (nSPS) is 17.2. The Morgan fingerprint density at radius 1 is 1.00 bits per heavy atom. The summed E-state index contributed by atoms with van der Waals surface area (Å²) in [5, 5.41) is 16.2. The van der Waals surface area contributed by atoms with Gasteiger partial charge in [-0.05, 0) is 80.3 Å². The molecule has 2 aromatic heterocycles. The molecular formula is C30H28N6O7S. The van der Waals surface area contributed by atoms with E-state index in [2.05, 4.69) is 25.2 Å². The van der Waals surface area contributed by atoms with Gasteiger partial charge in [-0.15, -0.1) is 0 Å². The molecule has 2 aromatic carbocycles. The van der Waals surface area contributed by atoms with Crippen molar-refractivity contribution in [2.24, 2.45) is 5.41 Å². The average molecular weight is 617 g/mol. The highest BCUT2D eigenvalue weighted by Gasteiger charge is 2.44. The van der Waals surface area contributed by atoms with Crippen LogP contribution in [-0.4, -0.2) is 63.9 Å². The van der Waals surface area contributed by atoms with Gasteiger partial charge in [-0.1, -0.05) is 24.2 Å². The van der Waals surface area contributed by atoms with Gasteiger partial charge in [0.1, 0.15) is 17.4 Å². The van der Waals surface area contributed by atoms with Crippen LogP contribution >= 0.6 is 0 Å². The SMILES string of the molecule is CC1(C(=O)Nc2cccc(NS(=O)(=O)c3ccc(-c4noc(-c5cccc(C(=O)N6CCCC6C(=O)O)n5)n4)cc3)c2)CC1. The van der Waals surface area contributed by atoms with Crippen LogP contribution < -0.4 is 10.0 Å².